The lowest BCUT2D eigenvalue weighted by molar-refractivity contribution is 0.0728. The number of nitrogen functional groups attached to an aromatic ring is 1. The van der Waals surface area contributed by atoms with Crippen molar-refractivity contribution in [1.82, 2.24) is 9.97 Å². The van der Waals surface area contributed by atoms with Crippen molar-refractivity contribution in [3.05, 3.63) is 11.8 Å². The van der Waals surface area contributed by atoms with Gasteiger partial charge >= 0.3 is 0 Å². The fourth-order valence-electron chi connectivity index (χ4n) is 2.13. The van der Waals surface area contributed by atoms with E-state index in [2.05, 4.69) is 14.9 Å². The standard InChI is InChI=1S/C11H19N5O/c1-7-5-10(15-11(13)14-7)16-4-3-8(12)9(6-16)17-2/h5,8-9H,3-4,6,12H2,1-2H3,(H2,13,14,15)/t8-,9+/m1/s1. The lowest BCUT2D eigenvalue weighted by Gasteiger charge is -2.36. The normalized spacial score (nSPS) is 25.0. The van der Waals surface area contributed by atoms with Crippen LogP contribution in [0, 0.1) is 6.92 Å². The van der Waals surface area contributed by atoms with Crippen molar-refractivity contribution in [3.8, 4) is 0 Å². The van der Waals surface area contributed by atoms with Gasteiger partial charge in [-0.15, -0.1) is 0 Å². The number of piperidine rings is 1. The van der Waals surface area contributed by atoms with E-state index in [1.165, 1.54) is 0 Å². The number of ether oxygens (including phenoxy) is 1. The van der Waals surface area contributed by atoms with Crippen LogP contribution >= 0.6 is 0 Å². The molecule has 1 aliphatic heterocycles. The molecule has 2 rings (SSSR count). The molecule has 1 aliphatic rings. The van der Waals surface area contributed by atoms with Gasteiger partial charge in [0.25, 0.3) is 0 Å². The lowest BCUT2D eigenvalue weighted by atomic mass is 10.0. The van der Waals surface area contributed by atoms with Crippen LogP contribution in [0.3, 0.4) is 0 Å². The maximum absolute atomic E-state index is 5.98. The highest BCUT2D eigenvalue weighted by atomic mass is 16.5. The second-order valence-electron chi connectivity index (χ2n) is 4.40. The predicted octanol–water partition coefficient (Wildman–Crippen LogP) is -0.0804. The van der Waals surface area contributed by atoms with Crippen molar-refractivity contribution in [2.45, 2.75) is 25.5 Å². The first-order chi connectivity index (χ1) is 8.10. The second kappa shape index (κ2) is 4.85. The summed E-state index contributed by atoms with van der Waals surface area (Å²) in [5.41, 5.74) is 12.5. The Balaban J connectivity index is 2.17. The Hall–Kier alpha value is -1.40. The molecule has 2 heterocycles. The minimum atomic E-state index is 0.0419. The van der Waals surface area contributed by atoms with Crippen molar-refractivity contribution >= 4 is 11.8 Å². The van der Waals surface area contributed by atoms with E-state index in [4.69, 9.17) is 16.2 Å². The van der Waals surface area contributed by atoms with Crippen LogP contribution in [0.25, 0.3) is 0 Å². The quantitative estimate of drug-likeness (QED) is 0.747. The molecule has 0 spiro atoms. The van der Waals surface area contributed by atoms with Crippen LogP contribution < -0.4 is 16.4 Å². The number of methoxy groups -OCH3 is 1. The van der Waals surface area contributed by atoms with Gasteiger partial charge in [0, 0.05) is 38.0 Å². The number of anilines is 2. The monoisotopic (exact) mass is 237 g/mol. The molecular formula is C11H19N5O. The summed E-state index contributed by atoms with van der Waals surface area (Å²) < 4.78 is 5.37. The van der Waals surface area contributed by atoms with Crippen molar-refractivity contribution in [3.63, 3.8) is 0 Å². The molecule has 0 saturated carbocycles. The highest BCUT2D eigenvalue weighted by Crippen LogP contribution is 2.20. The Labute approximate surface area is 101 Å². The van der Waals surface area contributed by atoms with Gasteiger partial charge < -0.3 is 21.1 Å². The number of hydrogen-bond acceptors (Lipinski definition) is 6. The van der Waals surface area contributed by atoms with Crippen molar-refractivity contribution < 1.29 is 4.74 Å². The minimum Gasteiger partial charge on any atom is -0.378 e. The van der Waals surface area contributed by atoms with E-state index >= 15 is 0 Å². The van der Waals surface area contributed by atoms with E-state index in [1.54, 1.807) is 7.11 Å². The van der Waals surface area contributed by atoms with E-state index in [0.717, 1.165) is 31.0 Å². The predicted molar refractivity (Wildman–Crippen MR) is 66.8 cm³/mol. The van der Waals surface area contributed by atoms with Crippen LogP contribution in [-0.2, 0) is 4.74 Å². The molecule has 0 bridgehead atoms. The number of nitrogens with zero attached hydrogens (tertiary/aromatic N) is 3. The first-order valence-corrected chi connectivity index (χ1v) is 5.74. The topological polar surface area (TPSA) is 90.3 Å². The molecule has 4 N–H and O–H groups in total. The molecule has 0 amide bonds. The van der Waals surface area contributed by atoms with Gasteiger partial charge in [-0.25, -0.2) is 4.98 Å². The average Bonchev–Trinajstić information content (AvgIpc) is 2.28. The van der Waals surface area contributed by atoms with Gasteiger partial charge in [-0.05, 0) is 13.3 Å². The van der Waals surface area contributed by atoms with Gasteiger partial charge in [-0.1, -0.05) is 0 Å². The highest BCUT2D eigenvalue weighted by molar-refractivity contribution is 5.44. The van der Waals surface area contributed by atoms with E-state index in [-0.39, 0.29) is 12.1 Å². The number of aryl methyl sites for hydroxylation is 1. The van der Waals surface area contributed by atoms with E-state index in [9.17, 15) is 0 Å². The smallest absolute Gasteiger partial charge is 0.222 e. The zero-order valence-electron chi connectivity index (χ0n) is 10.3. The summed E-state index contributed by atoms with van der Waals surface area (Å²) in [6.45, 7) is 3.52. The fraction of sp³-hybridized carbons (Fsp3) is 0.636. The van der Waals surface area contributed by atoms with Crippen LogP contribution in [0.4, 0.5) is 11.8 Å². The Morgan fingerprint density at radius 3 is 2.88 bits per heavy atom. The lowest BCUT2D eigenvalue weighted by Crippen LogP contribution is -2.51. The van der Waals surface area contributed by atoms with Gasteiger partial charge in [0.2, 0.25) is 5.95 Å². The molecule has 1 fully saturated rings. The molecule has 1 aromatic rings. The Bertz CT molecular complexity index is 377. The summed E-state index contributed by atoms with van der Waals surface area (Å²) in [6, 6.07) is 2.02. The molecule has 1 saturated heterocycles. The van der Waals surface area contributed by atoms with E-state index in [0.29, 0.717) is 5.95 Å². The third-order valence-electron chi connectivity index (χ3n) is 3.09. The maximum Gasteiger partial charge on any atom is 0.222 e. The van der Waals surface area contributed by atoms with Gasteiger partial charge in [-0.2, -0.15) is 4.98 Å². The number of hydrogen-bond donors (Lipinski definition) is 2. The van der Waals surface area contributed by atoms with Crippen LogP contribution in [0.5, 0.6) is 0 Å². The van der Waals surface area contributed by atoms with Gasteiger partial charge in [0.15, 0.2) is 0 Å². The van der Waals surface area contributed by atoms with Gasteiger partial charge in [0.05, 0.1) is 6.10 Å². The number of aromatic nitrogens is 2. The maximum atomic E-state index is 5.98. The molecule has 0 unspecified atom stereocenters. The summed E-state index contributed by atoms with van der Waals surface area (Å²) in [4.78, 5) is 10.5. The Morgan fingerprint density at radius 2 is 2.24 bits per heavy atom. The highest BCUT2D eigenvalue weighted by Gasteiger charge is 2.27. The molecule has 6 nitrogen and oxygen atoms in total. The van der Waals surface area contributed by atoms with Crippen LogP contribution in [0.1, 0.15) is 12.1 Å². The molecule has 6 heteroatoms. The number of nitrogens with two attached hydrogens (primary N) is 2. The summed E-state index contributed by atoms with van der Waals surface area (Å²) in [7, 11) is 1.69. The second-order valence-corrected chi connectivity index (χ2v) is 4.40. The van der Waals surface area contributed by atoms with Crippen molar-refractivity contribution in [2.24, 2.45) is 5.73 Å². The molecule has 0 radical (unpaired) electrons. The molecule has 17 heavy (non-hydrogen) atoms. The SMILES string of the molecule is CO[C@H]1CN(c2cc(C)nc(N)n2)CC[C@H]1N. The summed E-state index contributed by atoms with van der Waals surface area (Å²) >= 11 is 0. The van der Waals surface area contributed by atoms with Crippen molar-refractivity contribution in [1.29, 1.82) is 0 Å². The Morgan fingerprint density at radius 1 is 1.47 bits per heavy atom. The van der Waals surface area contributed by atoms with E-state index < -0.39 is 0 Å². The van der Waals surface area contributed by atoms with Crippen LogP contribution in [0.15, 0.2) is 6.07 Å². The molecule has 2 atom stereocenters. The number of rotatable bonds is 2. The molecule has 94 valence electrons. The minimum absolute atomic E-state index is 0.0419. The molecule has 0 aromatic carbocycles. The Kier molecular flexibility index (Phi) is 3.44. The zero-order chi connectivity index (χ0) is 12.4. The summed E-state index contributed by atoms with van der Waals surface area (Å²) in [6.07, 6.45) is 0.932. The zero-order valence-corrected chi connectivity index (χ0v) is 10.3. The molecule has 0 aliphatic carbocycles. The van der Waals surface area contributed by atoms with Crippen LogP contribution in [0.2, 0.25) is 0 Å². The van der Waals surface area contributed by atoms with E-state index in [1.807, 2.05) is 13.0 Å². The third kappa shape index (κ3) is 2.65. The first-order valence-electron chi connectivity index (χ1n) is 5.74. The van der Waals surface area contributed by atoms with Gasteiger partial charge in [-0.3, -0.25) is 0 Å². The molecule has 1 aromatic heterocycles. The first kappa shape index (κ1) is 12.1. The average molecular weight is 237 g/mol. The summed E-state index contributed by atoms with van der Waals surface area (Å²) in [5, 5.41) is 0. The summed E-state index contributed by atoms with van der Waals surface area (Å²) in [5.74, 6) is 1.16. The van der Waals surface area contributed by atoms with Gasteiger partial charge in [0.1, 0.15) is 5.82 Å². The third-order valence-corrected chi connectivity index (χ3v) is 3.09. The fourth-order valence-corrected chi connectivity index (χ4v) is 2.13. The largest absolute Gasteiger partial charge is 0.378 e. The molecular weight excluding hydrogens is 218 g/mol. The van der Waals surface area contributed by atoms with Crippen molar-refractivity contribution in [2.75, 3.05) is 30.8 Å². The van der Waals surface area contributed by atoms with Crippen LogP contribution in [-0.4, -0.2) is 42.3 Å².